The molecule has 0 aliphatic carbocycles. The Balaban J connectivity index is 1.51. The van der Waals surface area contributed by atoms with E-state index in [0.717, 1.165) is 5.56 Å². The van der Waals surface area contributed by atoms with Crippen molar-refractivity contribution in [2.75, 3.05) is 27.9 Å². The van der Waals surface area contributed by atoms with Gasteiger partial charge in [0.25, 0.3) is 5.91 Å². The van der Waals surface area contributed by atoms with Crippen molar-refractivity contribution >= 4 is 35.4 Å². The van der Waals surface area contributed by atoms with E-state index < -0.39 is 6.29 Å². The first-order valence-electron chi connectivity index (χ1n) is 12.3. The third kappa shape index (κ3) is 5.07. The molecule has 0 saturated carbocycles. The maximum absolute atomic E-state index is 13.1. The van der Waals surface area contributed by atoms with Crippen LogP contribution in [0.15, 0.2) is 60.8 Å². The minimum Gasteiger partial charge on any atom is -0.480 e. The van der Waals surface area contributed by atoms with Gasteiger partial charge in [-0.15, -0.1) is 0 Å². The lowest BCUT2D eigenvalue weighted by Crippen LogP contribution is -2.34. The Labute approximate surface area is 241 Å². The molecule has 0 spiro atoms. The first kappa shape index (κ1) is 27.7. The summed E-state index contributed by atoms with van der Waals surface area (Å²) in [6, 6.07) is 16.3. The van der Waals surface area contributed by atoms with Gasteiger partial charge in [-0.3, -0.25) is 14.6 Å². The number of halogens is 2. The SMILES string of the molecule is COc1nc(-c2cccc(-c3cccc(-c4cc5c(cn4)CN(CC(OC)OC)C5=O)c3Cl)c2Cl)ccc1C=O. The summed E-state index contributed by atoms with van der Waals surface area (Å²) in [4.78, 5) is 35.2. The largest absolute Gasteiger partial charge is 0.480 e. The predicted molar refractivity (Wildman–Crippen MR) is 153 cm³/mol. The van der Waals surface area contributed by atoms with Gasteiger partial charge in [0, 0.05) is 60.3 Å². The summed E-state index contributed by atoms with van der Waals surface area (Å²) in [5.74, 6) is 0.0917. The summed E-state index contributed by atoms with van der Waals surface area (Å²) in [6.07, 6.45) is 1.87. The Morgan fingerprint density at radius 3 is 2.12 bits per heavy atom. The molecule has 40 heavy (non-hydrogen) atoms. The first-order chi connectivity index (χ1) is 19.4. The standard InChI is InChI=1S/C30H25Cl2N3O5/c1-38-26(39-2)15-35-14-18-13-33-25(12-23(18)30(35)37)22-9-5-7-20(28(22)32)19-6-4-8-21(27(19)31)24-11-10-17(16-36)29(34-24)40-3/h4-13,16,26H,14-15H2,1-3H3. The summed E-state index contributed by atoms with van der Waals surface area (Å²) in [6.45, 7) is 0.729. The van der Waals surface area contributed by atoms with Crippen molar-refractivity contribution in [3.05, 3.63) is 87.5 Å². The van der Waals surface area contributed by atoms with E-state index in [-0.39, 0.29) is 11.8 Å². The van der Waals surface area contributed by atoms with Gasteiger partial charge in [-0.25, -0.2) is 4.98 Å². The van der Waals surface area contributed by atoms with Gasteiger partial charge in [-0.1, -0.05) is 59.6 Å². The second-order valence-corrected chi connectivity index (χ2v) is 9.82. The van der Waals surface area contributed by atoms with Crippen molar-refractivity contribution in [1.82, 2.24) is 14.9 Å². The third-order valence-electron chi connectivity index (χ3n) is 6.81. The van der Waals surface area contributed by atoms with E-state index in [2.05, 4.69) is 9.97 Å². The van der Waals surface area contributed by atoms with E-state index in [1.807, 2.05) is 36.4 Å². The van der Waals surface area contributed by atoms with Crippen LogP contribution in [-0.2, 0) is 16.0 Å². The van der Waals surface area contributed by atoms with Crippen LogP contribution in [0.25, 0.3) is 33.6 Å². The van der Waals surface area contributed by atoms with E-state index in [4.69, 9.17) is 37.4 Å². The van der Waals surface area contributed by atoms with Crippen molar-refractivity contribution in [3.8, 4) is 39.5 Å². The number of hydrogen-bond donors (Lipinski definition) is 0. The number of nitrogens with zero attached hydrogens (tertiary/aromatic N) is 3. The molecule has 1 aliphatic rings. The van der Waals surface area contributed by atoms with Gasteiger partial charge in [-0.2, -0.15) is 0 Å². The highest BCUT2D eigenvalue weighted by atomic mass is 35.5. The number of aromatic nitrogens is 2. The Bertz CT molecular complexity index is 1610. The van der Waals surface area contributed by atoms with Gasteiger partial charge in [0.15, 0.2) is 12.6 Å². The fraction of sp³-hybridized carbons (Fsp3) is 0.200. The van der Waals surface area contributed by atoms with Gasteiger partial charge in [0.2, 0.25) is 5.88 Å². The van der Waals surface area contributed by atoms with Crippen molar-refractivity contribution in [1.29, 1.82) is 0 Å². The summed E-state index contributed by atoms with van der Waals surface area (Å²) in [5, 5.41) is 0.880. The van der Waals surface area contributed by atoms with Crippen LogP contribution in [0.3, 0.4) is 0 Å². The Morgan fingerprint density at radius 1 is 0.900 bits per heavy atom. The molecule has 204 valence electrons. The Kier molecular flexibility index (Phi) is 8.14. The van der Waals surface area contributed by atoms with E-state index in [9.17, 15) is 9.59 Å². The summed E-state index contributed by atoms with van der Waals surface area (Å²) < 4.78 is 15.8. The number of ether oxygens (including phenoxy) is 3. The average Bonchev–Trinajstić information content (AvgIpc) is 3.30. The molecule has 10 heteroatoms. The Morgan fingerprint density at radius 2 is 1.52 bits per heavy atom. The van der Waals surface area contributed by atoms with Crippen LogP contribution in [0.5, 0.6) is 5.88 Å². The summed E-state index contributed by atoms with van der Waals surface area (Å²) in [7, 11) is 4.53. The molecule has 0 unspecified atom stereocenters. The highest BCUT2D eigenvalue weighted by molar-refractivity contribution is 6.39. The normalized spacial score (nSPS) is 12.7. The monoisotopic (exact) mass is 577 g/mol. The number of carbonyl (C=O) groups is 2. The lowest BCUT2D eigenvalue weighted by molar-refractivity contribution is -0.112. The molecule has 1 amide bonds. The first-order valence-corrected chi connectivity index (χ1v) is 13.1. The maximum Gasteiger partial charge on any atom is 0.254 e. The minimum absolute atomic E-state index is 0.121. The fourth-order valence-corrected chi connectivity index (χ4v) is 5.36. The zero-order valence-corrected chi connectivity index (χ0v) is 23.5. The number of fused-ring (bicyclic) bond motifs is 1. The molecule has 2 aromatic carbocycles. The number of rotatable bonds is 9. The number of amides is 1. The van der Waals surface area contributed by atoms with Crippen LogP contribution in [0, 0.1) is 0 Å². The summed E-state index contributed by atoms with van der Waals surface area (Å²) >= 11 is 13.9. The average molecular weight is 578 g/mol. The topological polar surface area (TPSA) is 90.8 Å². The van der Waals surface area contributed by atoms with E-state index in [1.54, 1.807) is 29.3 Å². The molecule has 5 rings (SSSR count). The molecule has 8 nitrogen and oxygen atoms in total. The lowest BCUT2D eigenvalue weighted by Gasteiger charge is -2.21. The lowest BCUT2D eigenvalue weighted by atomic mass is 9.97. The van der Waals surface area contributed by atoms with Gasteiger partial charge in [0.1, 0.15) is 0 Å². The minimum atomic E-state index is -0.517. The van der Waals surface area contributed by atoms with Crippen LogP contribution < -0.4 is 4.74 Å². The fourth-order valence-electron chi connectivity index (χ4n) is 4.71. The molecule has 0 N–H and O–H groups in total. The van der Waals surface area contributed by atoms with Crippen LogP contribution in [0.1, 0.15) is 26.3 Å². The zero-order valence-electron chi connectivity index (χ0n) is 22.0. The predicted octanol–water partition coefficient (Wildman–Crippen LogP) is 6.18. The van der Waals surface area contributed by atoms with Gasteiger partial charge in [0.05, 0.1) is 40.7 Å². The number of aldehydes is 1. The molecule has 0 atom stereocenters. The molecular weight excluding hydrogens is 553 g/mol. The molecule has 0 bridgehead atoms. The molecule has 0 radical (unpaired) electrons. The number of methoxy groups -OCH3 is 3. The number of carbonyl (C=O) groups excluding carboxylic acids is 2. The second-order valence-electron chi connectivity index (χ2n) is 9.06. The number of pyridine rings is 2. The van der Waals surface area contributed by atoms with Crippen molar-refractivity contribution < 1.29 is 23.8 Å². The van der Waals surface area contributed by atoms with Crippen LogP contribution in [-0.4, -0.2) is 61.2 Å². The molecule has 0 fully saturated rings. The van der Waals surface area contributed by atoms with Gasteiger partial charge >= 0.3 is 0 Å². The van der Waals surface area contributed by atoms with Crippen LogP contribution >= 0.6 is 23.2 Å². The van der Waals surface area contributed by atoms with E-state index in [1.165, 1.54) is 21.3 Å². The third-order valence-corrected chi connectivity index (χ3v) is 7.62. The molecule has 3 heterocycles. The van der Waals surface area contributed by atoms with Crippen LogP contribution in [0.4, 0.5) is 0 Å². The zero-order chi connectivity index (χ0) is 28.4. The van der Waals surface area contributed by atoms with Gasteiger partial charge < -0.3 is 19.1 Å². The molecular formula is C30H25Cl2N3O5. The molecule has 4 aromatic rings. The van der Waals surface area contributed by atoms with E-state index >= 15 is 0 Å². The molecule has 0 saturated heterocycles. The maximum atomic E-state index is 13.1. The number of hydrogen-bond acceptors (Lipinski definition) is 7. The Hall–Kier alpha value is -3.82. The quantitative estimate of drug-likeness (QED) is 0.173. The highest BCUT2D eigenvalue weighted by Crippen LogP contribution is 2.42. The van der Waals surface area contributed by atoms with E-state index in [0.29, 0.717) is 74.2 Å². The molecule has 1 aliphatic heterocycles. The van der Waals surface area contributed by atoms with Crippen molar-refractivity contribution in [3.63, 3.8) is 0 Å². The van der Waals surface area contributed by atoms with Crippen molar-refractivity contribution in [2.45, 2.75) is 12.8 Å². The molecule has 2 aromatic heterocycles. The van der Waals surface area contributed by atoms with Crippen molar-refractivity contribution in [2.24, 2.45) is 0 Å². The highest BCUT2D eigenvalue weighted by Gasteiger charge is 2.30. The van der Waals surface area contributed by atoms with Gasteiger partial charge in [-0.05, 0) is 18.2 Å². The van der Waals surface area contributed by atoms with Crippen LogP contribution in [0.2, 0.25) is 10.0 Å². The summed E-state index contributed by atoms with van der Waals surface area (Å²) in [5.41, 5.74) is 5.56. The second kappa shape index (κ2) is 11.7. The number of benzene rings is 2. The smallest absolute Gasteiger partial charge is 0.254 e.